The molecule has 0 spiro atoms. The molecule has 0 aliphatic carbocycles. The molecule has 19 heavy (non-hydrogen) atoms. The fourth-order valence-corrected chi connectivity index (χ4v) is 3.15. The Kier molecular flexibility index (Phi) is 4.02. The van der Waals surface area contributed by atoms with Gasteiger partial charge in [-0.15, -0.1) is 0 Å². The summed E-state index contributed by atoms with van der Waals surface area (Å²) in [5, 5.41) is 0. The highest BCUT2D eigenvalue weighted by atomic mass is 32.2. The number of benzene rings is 2. The highest BCUT2D eigenvalue weighted by Gasteiger charge is 2.20. The van der Waals surface area contributed by atoms with Crippen LogP contribution in [0.3, 0.4) is 0 Å². The van der Waals surface area contributed by atoms with Gasteiger partial charge in [0.15, 0.2) is 0 Å². The average Bonchev–Trinajstić information content (AvgIpc) is 2.40. The molecule has 0 N–H and O–H groups in total. The third kappa shape index (κ3) is 3.22. The molecule has 2 rings (SSSR count). The maximum atomic E-state index is 12.4. The third-order valence-electron chi connectivity index (χ3n) is 2.95. The van der Waals surface area contributed by atoms with E-state index < -0.39 is 10.0 Å². The Morgan fingerprint density at radius 2 is 1.68 bits per heavy atom. The van der Waals surface area contributed by atoms with Crippen molar-refractivity contribution < 1.29 is 8.42 Å². The number of sulfonamides is 1. The lowest BCUT2D eigenvalue weighted by molar-refractivity contribution is 0.466. The molecule has 0 aromatic heterocycles. The summed E-state index contributed by atoms with van der Waals surface area (Å²) in [6.45, 7) is 2.26. The monoisotopic (exact) mass is 275 g/mol. The van der Waals surface area contributed by atoms with Gasteiger partial charge in [-0.05, 0) is 30.2 Å². The molecule has 0 saturated heterocycles. The van der Waals surface area contributed by atoms with E-state index in [-0.39, 0.29) is 0 Å². The predicted molar refractivity (Wildman–Crippen MR) is 76.3 cm³/mol. The molecular weight excluding hydrogens is 258 g/mol. The summed E-state index contributed by atoms with van der Waals surface area (Å²) in [6, 6.07) is 16.5. The predicted octanol–water partition coefficient (Wildman–Crippen LogP) is 2.82. The number of aryl methyl sites for hydroxylation is 1. The Balaban J connectivity index is 2.25. The lowest BCUT2D eigenvalue weighted by Gasteiger charge is -2.17. The van der Waals surface area contributed by atoms with Crippen molar-refractivity contribution in [2.24, 2.45) is 0 Å². The zero-order valence-electron chi connectivity index (χ0n) is 11.1. The molecule has 2 aromatic rings. The molecule has 0 unspecified atom stereocenters. The van der Waals surface area contributed by atoms with Crippen LogP contribution in [-0.2, 0) is 16.6 Å². The number of nitrogens with zero attached hydrogens (tertiary/aromatic N) is 1. The van der Waals surface area contributed by atoms with Gasteiger partial charge in [0.2, 0.25) is 10.0 Å². The van der Waals surface area contributed by atoms with E-state index >= 15 is 0 Å². The van der Waals surface area contributed by atoms with Crippen LogP contribution in [-0.4, -0.2) is 19.8 Å². The van der Waals surface area contributed by atoms with Crippen LogP contribution in [0.25, 0.3) is 0 Å². The first-order valence-electron chi connectivity index (χ1n) is 6.07. The molecule has 0 radical (unpaired) electrons. The number of rotatable bonds is 4. The lowest BCUT2D eigenvalue weighted by atomic mass is 10.2. The molecule has 0 aliphatic heterocycles. The van der Waals surface area contributed by atoms with E-state index in [9.17, 15) is 8.42 Å². The summed E-state index contributed by atoms with van der Waals surface area (Å²) in [5.74, 6) is 0. The Bertz CT molecular complexity index is 651. The van der Waals surface area contributed by atoms with Crippen LogP contribution < -0.4 is 0 Å². The summed E-state index contributed by atoms with van der Waals surface area (Å²) in [6.07, 6.45) is 0. The van der Waals surface area contributed by atoms with E-state index in [0.29, 0.717) is 11.4 Å². The van der Waals surface area contributed by atoms with Crippen LogP contribution in [0.1, 0.15) is 11.1 Å². The van der Waals surface area contributed by atoms with Gasteiger partial charge in [-0.3, -0.25) is 0 Å². The van der Waals surface area contributed by atoms with Gasteiger partial charge >= 0.3 is 0 Å². The second-order valence-electron chi connectivity index (χ2n) is 4.56. The van der Waals surface area contributed by atoms with Crippen LogP contribution in [0.15, 0.2) is 59.5 Å². The second kappa shape index (κ2) is 5.55. The first-order valence-corrected chi connectivity index (χ1v) is 7.51. The quantitative estimate of drug-likeness (QED) is 0.860. The number of hydrogen-bond acceptors (Lipinski definition) is 2. The smallest absolute Gasteiger partial charge is 0.207 e. The SMILES string of the molecule is Cc1cccc(S(=O)(=O)N(C)Cc2ccccc2)c1. The largest absolute Gasteiger partial charge is 0.243 e. The summed E-state index contributed by atoms with van der Waals surface area (Å²) in [4.78, 5) is 0.339. The van der Waals surface area contributed by atoms with Crippen molar-refractivity contribution >= 4 is 10.0 Å². The van der Waals surface area contributed by atoms with Crippen molar-refractivity contribution in [2.75, 3.05) is 7.05 Å². The fraction of sp³-hybridized carbons (Fsp3) is 0.200. The van der Waals surface area contributed by atoms with Crippen LogP contribution in [0.4, 0.5) is 0 Å². The highest BCUT2D eigenvalue weighted by molar-refractivity contribution is 7.89. The first-order chi connectivity index (χ1) is 9.00. The molecule has 0 aliphatic rings. The van der Waals surface area contributed by atoms with Crippen molar-refractivity contribution in [2.45, 2.75) is 18.4 Å². The average molecular weight is 275 g/mol. The molecule has 3 nitrogen and oxygen atoms in total. The van der Waals surface area contributed by atoms with Crippen LogP contribution in [0.5, 0.6) is 0 Å². The highest BCUT2D eigenvalue weighted by Crippen LogP contribution is 2.17. The summed E-state index contributed by atoms with van der Waals surface area (Å²) >= 11 is 0. The molecule has 0 saturated carbocycles. The minimum atomic E-state index is -3.43. The van der Waals surface area contributed by atoms with E-state index in [1.165, 1.54) is 4.31 Å². The van der Waals surface area contributed by atoms with Crippen molar-refractivity contribution in [3.05, 3.63) is 65.7 Å². The van der Waals surface area contributed by atoms with Crippen molar-refractivity contribution in [3.63, 3.8) is 0 Å². The van der Waals surface area contributed by atoms with Gasteiger partial charge in [0.05, 0.1) is 4.90 Å². The molecule has 0 fully saturated rings. The maximum Gasteiger partial charge on any atom is 0.243 e. The van der Waals surface area contributed by atoms with Gasteiger partial charge in [-0.2, -0.15) is 4.31 Å². The molecule has 2 aromatic carbocycles. The molecule has 4 heteroatoms. The first kappa shape index (κ1) is 13.8. The summed E-state index contributed by atoms with van der Waals surface area (Å²) in [7, 11) is -1.82. The molecule has 0 amide bonds. The normalized spacial score (nSPS) is 11.7. The topological polar surface area (TPSA) is 37.4 Å². The second-order valence-corrected chi connectivity index (χ2v) is 6.61. The fourth-order valence-electron chi connectivity index (χ4n) is 1.88. The van der Waals surface area contributed by atoms with Gasteiger partial charge in [-0.25, -0.2) is 8.42 Å². The molecule has 0 heterocycles. The van der Waals surface area contributed by atoms with Crippen LogP contribution >= 0.6 is 0 Å². The zero-order chi connectivity index (χ0) is 13.9. The maximum absolute atomic E-state index is 12.4. The standard InChI is InChI=1S/C15H17NO2S/c1-13-7-6-10-15(11-13)19(17,18)16(2)12-14-8-4-3-5-9-14/h3-11H,12H2,1-2H3. The van der Waals surface area contributed by atoms with Gasteiger partial charge in [-0.1, -0.05) is 42.5 Å². The van der Waals surface area contributed by atoms with Crippen molar-refractivity contribution in [1.29, 1.82) is 0 Å². The molecular formula is C15H17NO2S. The third-order valence-corrected chi connectivity index (χ3v) is 4.75. The van der Waals surface area contributed by atoms with E-state index in [1.54, 1.807) is 25.2 Å². The Morgan fingerprint density at radius 3 is 2.32 bits per heavy atom. The molecule has 100 valence electrons. The molecule has 0 bridgehead atoms. The Labute approximate surface area is 114 Å². The molecule has 0 atom stereocenters. The van der Waals surface area contributed by atoms with E-state index in [2.05, 4.69) is 0 Å². The zero-order valence-corrected chi connectivity index (χ0v) is 11.9. The van der Waals surface area contributed by atoms with E-state index in [0.717, 1.165) is 11.1 Å². The van der Waals surface area contributed by atoms with Crippen LogP contribution in [0, 0.1) is 6.92 Å². The Hall–Kier alpha value is -1.65. The summed E-state index contributed by atoms with van der Waals surface area (Å²) < 4.78 is 26.2. The minimum absolute atomic E-state index is 0.339. The van der Waals surface area contributed by atoms with E-state index in [4.69, 9.17) is 0 Å². The summed E-state index contributed by atoms with van der Waals surface area (Å²) in [5.41, 5.74) is 1.91. The van der Waals surface area contributed by atoms with Crippen LogP contribution in [0.2, 0.25) is 0 Å². The van der Waals surface area contributed by atoms with Gasteiger partial charge < -0.3 is 0 Å². The van der Waals surface area contributed by atoms with E-state index in [1.807, 2.05) is 43.3 Å². The van der Waals surface area contributed by atoms with Gasteiger partial charge in [0.1, 0.15) is 0 Å². The number of hydrogen-bond donors (Lipinski definition) is 0. The minimum Gasteiger partial charge on any atom is -0.207 e. The van der Waals surface area contributed by atoms with Crippen molar-refractivity contribution in [3.8, 4) is 0 Å². The Morgan fingerprint density at radius 1 is 1.00 bits per heavy atom. The van der Waals surface area contributed by atoms with Crippen molar-refractivity contribution in [1.82, 2.24) is 4.31 Å². The van der Waals surface area contributed by atoms with Gasteiger partial charge in [0.25, 0.3) is 0 Å². The van der Waals surface area contributed by atoms with Gasteiger partial charge in [0, 0.05) is 13.6 Å². The lowest BCUT2D eigenvalue weighted by Crippen LogP contribution is -2.26.